The molecule has 156 valence electrons. The first-order valence-corrected chi connectivity index (χ1v) is 10.3. The second-order valence-corrected chi connectivity index (χ2v) is 7.84. The van der Waals surface area contributed by atoms with Crippen molar-refractivity contribution in [2.45, 2.75) is 0 Å². The molecule has 2 aromatic heterocycles. The quantitative estimate of drug-likeness (QED) is 0.231. The molecule has 0 bridgehead atoms. The van der Waals surface area contributed by atoms with Gasteiger partial charge < -0.3 is 4.42 Å². The minimum Gasteiger partial charge on any atom is -0.422 e. The van der Waals surface area contributed by atoms with E-state index < -0.39 is 16.5 Å². The molecule has 0 aliphatic carbocycles. The molecule has 9 heteroatoms. The molecule has 0 fully saturated rings. The van der Waals surface area contributed by atoms with Crippen molar-refractivity contribution in [1.29, 1.82) is 0 Å². The molecule has 5 rings (SSSR count). The summed E-state index contributed by atoms with van der Waals surface area (Å²) in [6.45, 7) is 0. The van der Waals surface area contributed by atoms with Gasteiger partial charge in [-0.2, -0.15) is 0 Å². The Morgan fingerprint density at radius 2 is 1.81 bits per heavy atom. The molecule has 32 heavy (non-hydrogen) atoms. The van der Waals surface area contributed by atoms with Crippen molar-refractivity contribution in [3.05, 3.63) is 98.2 Å². The molecule has 5 aromatic rings. The lowest BCUT2D eigenvalue weighted by molar-refractivity contribution is -0.384. The van der Waals surface area contributed by atoms with Gasteiger partial charge in [0.2, 0.25) is 0 Å². The van der Waals surface area contributed by atoms with Crippen LogP contribution in [-0.4, -0.2) is 15.8 Å². The van der Waals surface area contributed by atoms with Gasteiger partial charge in [0.25, 0.3) is 11.6 Å². The maximum Gasteiger partial charge on any atom is 0.349 e. The summed E-state index contributed by atoms with van der Waals surface area (Å²) in [7, 11) is 0. The number of rotatable bonds is 4. The van der Waals surface area contributed by atoms with Crippen LogP contribution in [0.1, 0.15) is 10.4 Å². The fourth-order valence-electron chi connectivity index (χ4n) is 3.36. The van der Waals surface area contributed by atoms with Gasteiger partial charge in [-0.3, -0.25) is 20.2 Å². The summed E-state index contributed by atoms with van der Waals surface area (Å²) < 4.78 is 5.15. The number of nitrogens with zero attached hydrogens (tertiary/aromatic N) is 2. The van der Waals surface area contributed by atoms with E-state index in [2.05, 4.69) is 10.3 Å². The Bertz CT molecular complexity index is 1590. The van der Waals surface area contributed by atoms with E-state index in [9.17, 15) is 19.7 Å². The molecule has 8 nitrogen and oxygen atoms in total. The second-order valence-electron chi connectivity index (χ2n) is 6.98. The van der Waals surface area contributed by atoms with Gasteiger partial charge >= 0.3 is 5.63 Å². The highest BCUT2D eigenvalue weighted by Gasteiger charge is 2.17. The van der Waals surface area contributed by atoms with Crippen molar-refractivity contribution in [3.8, 4) is 11.3 Å². The van der Waals surface area contributed by atoms with Gasteiger partial charge in [0.15, 0.2) is 5.13 Å². The SMILES string of the molecule is O=C(Nc1nc(-c2ccc3ccccc3c2)cs1)c1cc2cc([N+](=O)[O-])ccc2oc1=O. The Kier molecular flexibility index (Phi) is 4.72. The molecule has 1 N–H and O–H groups in total. The topological polar surface area (TPSA) is 115 Å². The molecular formula is C23H13N3O5S. The number of non-ortho nitro benzene ring substituents is 1. The fraction of sp³-hybridized carbons (Fsp3) is 0. The first-order chi connectivity index (χ1) is 15.5. The van der Waals surface area contributed by atoms with E-state index in [-0.39, 0.29) is 22.2 Å². The summed E-state index contributed by atoms with van der Waals surface area (Å²) in [6.07, 6.45) is 0. The molecule has 0 aliphatic rings. The molecule has 0 saturated carbocycles. The highest BCUT2D eigenvalue weighted by atomic mass is 32.1. The van der Waals surface area contributed by atoms with Crippen LogP contribution in [0.3, 0.4) is 0 Å². The molecule has 3 aromatic carbocycles. The largest absolute Gasteiger partial charge is 0.422 e. The maximum atomic E-state index is 12.7. The van der Waals surface area contributed by atoms with Crippen molar-refractivity contribution < 1.29 is 14.1 Å². The number of amides is 1. The Morgan fingerprint density at radius 3 is 2.62 bits per heavy atom. The van der Waals surface area contributed by atoms with Crippen LogP contribution in [0.25, 0.3) is 33.0 Å². The van der Waals surface area contributed by atoms with Crippen molar-refractivity contribution in [2.24, 2.45) is 0 Å². The molecule has 0 aliphatic heterocycles. The molecule has 1 amide bonds. The lowest BCUT2D eigenvalue weighted by atomic mass is 10.1. The molecule has 0 radical (unpaired) electrons. The first kappa shape index (κ1) is 19.6. The van der Waals surface area contributed by atoms with Crippen molar-refractivity contribution >= 4 is 49.8 Å². The highest BCUT2D eigenvalue weighted by molar-refractivity contribution is 7.14. The molecule has 0 unspecified atom stereocenters. The van der Waals surface area contributed by atoms with Crippen molar-refractivity contribution in [2.75, 3.05) is 5.32 Å². The van der Waals surface area contributed by atoms with E-state index in [1.165, 1.54) is 35.6 Å². The third-order valence-corrected chi connectivity index (χ3v) is 5.70. The number of aromatic nitrogens is 1. The average molecular weight is 443 g/mol. The number of nitrogens with one attached hydrogen (secondary N) is 1. The Labute approximate surface area is 183 Å². The van der Waals surface area contributed by atoms with E-state index in [1.807, 2.05) is 47.8 Å². The Hall–Kier alpha value is -4.37. The van der Waals surface area contributed by atoms with Gasteiger partial charge in [-0.05, 0) is 29.0 Å². The van der Waals surface area contributed by atoms with Crippen LogP contribution in [0.4, 0.5) is 10.8 Å². The Morgan fingerprint density at radius 1 is 1.00 bits per heavy atom. The first-order valence-electron chi connectivity index (χ1n) is 9.46. The van der Waals surface area contributed by atoms with Gasteiger partial charge in [0.1, 0.15) is 11.1 Å². The van der Waals surface area contributed by atoms with Crippen LogP contribution >= 0.6 is 11.3 Å². The van der Waals surface area contributed by atoms with E-state index in [4.69, 9.17) is 4.42 Å². The standard InChI is InChI=1S/C23H13N3O5S/c27-21(18-11-16-10-17(26(29)30)7-8-20(16)31-22(18)28)25-23-24-19(12-32-23)15-6-5-13-3-1-2-4-14(13)9-15/h1-12H,(H,24,25,27). The summed E-state index contributed by atoms with van der Waals surface area (Å²) in [5, 5.41) is 18.2. The number of carbonyl (C=O) groups is 1. The minimum absolute atomic E-state index is 0.157. The Balaban J connectivity index is 1.43. The van der Waals surface area contributed by atoms with Crippen molar-refractivity contribution in [3.63, 3.8) is 0 Å². The van der Waals surface area contributed by atoms with Crippen LogP contribution in [0.15, 0.2) is 81.3 Å². The zero-order chi connectivity index (χ0) is 22.2. The smallest absolute Gasteiger partial charge is 0.349 e. The van der Waals surface area contributed by atoms with Crippen LogP contribution in [-0.2, 0) is 0 Å². The lowest BCUT2D eigenvalue weighted by Crippen LogP contribution is -2.20. The molecule has 2 heterocycles. The predicted molar refractivity (Wildman–Crippen MR) is 122 cm³/mol. The normalized spacial score (nSPS) is 11.0. The van der Waals surface area contributed by atoms with Crippen LogP contribution in [0, 0.1) is 10.1 Å². The van der Waals surface area contributed by atoms with Gasteiger partial charge in [0, 0.05) is 28.5 Å². The summed E-state index contributed by atoms with van der Waals surface area (Å²) in [5.41, 5.74) is 0.480. The molecular weight excluding hydrogens is 430 g/mol. The number of thiazole rings is 1. The van der Waals surface area contributed by atoms with Crippen molar-refractivity contribution in [1.82, 2.24) is 4.98 Å². The average Bonchev–Trinajstić information content (AvgIpc) is 3.26. The monoisotopic (exact) mass is 443 g/mol. The van der Waals surface area contributed by atoms with E-state index in [0.717, 1.165) is 16.3 Å². The number of nitro benzene ring substituents is 1. The minimum atomic E-state index is -0.838. The predicted octanol–water partition coefficient (Wildman–Crippen LogP) is 5.23. The van der Waals surface area contributed by atoms with Gasteiger partial charge in [-0.25, -0.2) is 9.78 Å². The van der Waals surface area contributed by atoms with Gasteiger partial charge in [-0.1, -0.05) is 36.4 Å². The number of benzene rings is 3. The molecule has 0 atom stereocenters. The van der Waals surface area contributed by atoms with E-state index in [0.29, 0.717) is 10.8 Å². The maximum absolute atomic E-state index is 12.7. The second kappa shape index (κ2) is 7.71. The summed E-state index contributed by atoms with van der Waals surface area (Å²) in [6, 6.07) is 19.0. The zero-order valence-electron chi connectivity index (χ0n) is 16.3. The molecule has 0 saturated heterocycles. The zero-order valence-corrected chi connectivity index (χ0v) is 17.1. The molecule has 0 spiro atoms. The van der Waals surface area contributed by atoms with E-state index >= 15 is 0 Å². The van der Waals surface area contributed by atoms with E-state index in [1.54, 1.807) is 0 Å². The van der Waals surface area contributed by atoms with Crippen LogP contribution in [0.2, 0.25) is 0 Å². The number of hydrogen-bond acceptors (Lipinski definition) is 7. The number of hydrogen-bond donors (Lipinski definition) is 1. The number of carbonyl (C=O) groups excluding carboxylic acids is 1. The number of anilines is 1. The summed E-state index contributed by atoms with van der Waals surface area (Å²) in [5.74, 6) is -0.702. The summed E-state index contributed by atoms with van der Waals surface area (Å²) in [4.78, 5) is 39.8. The fourth-order valence-corrected chi connectivity index (χ4v) is 4.07. The third kappa shape index (κ3) is 3.61. The van der Waals surface area contributed by atoms with Crippen LogP contribution in [0.5, 0.6) is 0 Å². The van der Waals surface area contributed by atoms with Crippen LogP contribution < -0.4 is 10.9 Å². The number of nitro groups is 1. The lowest BCUT2D eigenvalue weighted by Gasteiger charge is -2.03. The third-order valence-electron chi connectivity index (χ3n) is 4.94. The van der Waals surface area contributed by atoms with Gasteiger partial charge in [-0.15, -0.1) is 11.3 Å². The van der Waals surface area contributed by atoms with Gasteiger partial charge in [0.05, 0.1) is 10.6 Å². The number of fused-ring (bicyclic) bond motifs is 2. The highest BCUT2D eigenvalue weighted by Crippen LogP contribution is 2.28. The summed E-state index contributed by atoms with van der Waals surface area (Å²) >= 11 is 1.22.